The van der Waals surface area contributed by atoms with Crippen LogP contribution in [0, 0.1) is 5.82 Å². The molecule has 0 radical (unpaired) electrons. The van der Waals surface area contributed by atoms with Crippen molar-refractivity contribution in [3.8, 4) is 5.75 Å². The highest BCUT2D eigenvalue weighted by Gasteiger charge is 2.01. The predicted molar refractivity (Wildman–Crippen MR) is 66.7 cm³/mol. The zero-order valence-electron chi connectivity index (χ0n) is 10.2. The van der Waals surface area contributed by atoms with Gasteiger partial charge in [-0.25, -0.2) is 4.39 Å². The lowest BCUT2D eigenvalue weighted by atomic mass is 10.2. The minimum atomic E-state index is -0.584. The Bertz CT molecular complexity index is 525. The maximum Gasteiger partial charge on any atom is 0.165 e. The highest BCUT2D eigenvalue weighted by Crippen LogP contribution is 2.15. The van der Waals surface area contributed by atoms with Gasteiger partial charge in [0.2, 0.25) is 0 Å². The van der Waals surface area contributed by atoms with Crippen molar-refractivity contribution < 1.29 is 9.50 Å². The molecule has 0 saturated carbocycles. The van der Waals surface area contributed by atoms with Crippen LogP contribution in [0.25, 0.3) is 0 Å². The van der Waals surface area contributed by atoms with E-state index in [9.17, 15) is 4.39 Å². The Morgan fingerprint density at radius 2 is 2.22 bits per heavy atom. The summed E-state index contributed by atoms with van der Waals surface area (Å²) in [4.78, 5) is 0. The summed E-state index contributed by atoms with van der Waals surface area (Å²) in [5.74, 6) is -0.897. The third-order valence-corrected chi connectivity index (χ3v) is 2.67. The van der Waals surface area contributed by atoms with Gasteiger partial charge in [0, 0.05) is 32.8 Å². The van der Waals surface area contributed by atoms with Crippen molar-refractivity contribution in [2.45, 2.75) is 13.0 Å². The summed E-state index contributed by atoms with van der Waals surface area (Å²) in [6.07, 6.45) is 2.74. The van der Waals surface area contributed by atoms with E-state index in [4.69, 9.17) is 5.11 Å². The normalized spacial score (nSPS) is 10.8. The van der Waals surface area contributed by atoms with E-state index in [0.717, 1.165) is 24.2 Å². The van der Waals surface area contributed by atoms with Gasteiger partial charge in [-0.15, -0.1) is 0 Å². The molecule has 0 fully saturated rings. The maximum absolute atomic E-state index is 13.1. The van der Waals surface area contributed by atoms with E-state index >= 15 is 0 Å². The fraction of sp³-hybridized carbons (Fsp3) is 0.308. The van der Waals surface area contributed by atoms with E-state index in [0.29, 0.717) is 6.54 Å². The number of nitrogens with zero attached hydrogens (tertiary/aromatic N) is 2. The molecule has 0 spiro atoms. The fourth-order valence-electron chi connectivity index (χ4n) is 1.71. The average Bonchev–Trinajstić information content (AvgIpc) is 2.75. The quantitative estimate of drug-likeness (QED) is 0.791. The summed E-state index contributed by atoms with van der Waals surface area (Å²) in [5.41, 5.74) is 1.84. The first-order valence-electron chi connectivity index (χ1n) is 5.82. The van der Waals surface area contributed by atoms with E-state index < -0.39 is 5.82 Å². The average molecular weight is 249 g/mol. The lowest BCUT2D eigenvalue weighted by Gasteiger charge is -2.04. The Hall–Kier alpha value is -1.88. The molecule has 2 rings (SSSR count). The Labute approximate surface area is 105 Å². The lowest BCUT2D eigenvalue weighted by Crippen LogP contribution is -2.17. The van der Waals surface area contributed by atoms with Gasteiger partial charge in [0.25, 0.3) is 0 Å². The van der Waals surface area contributed by atoms with Crippen LogP contribution in [0.5, 0.6) is 5.75 Å². The van der Waals surface area contributed by atoms with Gasteiger partial charge < -0.3 is 10.4 Å². The van der Waals surface area contributed by atoms with E-state index in [1.807, 2.05) is 19.3 Å². The Balaban J connectivity index is 1.76. The van der Waals surface area contributed by atoms with Gasteiger partial charge in [-0.1, -0.05) is 6.07 Å². The number of hydrogen-bond donors (Lipinski definition) is 2. The summed E-state index contributed by atoms with van der Waals surface area (Å²) in [5, 5.41) is 16.5. The van der Waals surface area contributed by atoms with E-state index in [2.05, 4.69) is 10.4 Å². The minimum Gasteiger partial charge on any atom is -0.505 e. The van der Waals surface area contributed by atoms with Gasteiger partial charge in [0.1, 0.15) is 0 Å². The molecule has 18 heavy (non-hydrogen) atoms. The molecule has 0 unspecified atom stereocenters. The Morgan fingerprint density at radius 1 is 1.39 bits per heavy atom. The standard InChI is InChI=1S/C13H16FN3O/c1-17-7-5-11(16-17)4-6-15-9-10-2-3-13(18)12(14)8-10/h2-3,5,7-8,15,18H,4,6,9H2,1H3. The molecule has 5 heteroatoms. The smallest absolute Gasteiger partial charge is 0.165 e. The molecule has 1 aromatic heterocycles. The number of rotatable bonds is 5. The number of phenols is 1. The van der Waals surface area contributed by atoms with Crippen molar-refractivity contribution in [1.82, 2.24) is 15.1 Å². The van der Waals surface area contributed by atoms with Gasteiger partial charge in [-0.3, -0.25) is 4.68 Å². The summed E-state index contributed by atoms with van der Waals surface area (Å²) >= 11 is 0. The van der Waals surface area contributed by atoms with Crippen LogP contribution in [0.4, 0.5) is 4.39 Å². The van der Waals surface area contributed by atoms with Crippen LogP contribution in [0.2, 0.25) is 0 Å². The van der Waals surface area contributed by atoms with Crippen molar-refractivity contribution in [1.29, 1.82) is 0 Å². The molecule has 0 saturated heterocycles. The van der Waals surface area contributed by atoms with Crippen LogP contribution < -0.4 is 5.32 Å². The largest absolute Gasteiger partial charge is 0.505 e. The fourth-order valence-corrected chi connectivity index (χ4v) is 1.71. The number of benzene rings is 1. The van der Waals surface area contributed by atoms with Crippen LogP contribution in [0.1, 0.15) is 11.3 Å². The van der Waals surface area contributed by atoms with Crippen LogP contribution in [0.3, 0.4) is 0 Å². The molecule has 4 nitrogen and oxygen atoms in total. The van der Waals surface area contributed by atoms with Gasteiger partial charge in [0.05, 0.1) is 5.69 Å². The monoisotopic (exact) mass is 249 g/mol. The number of hydrogen-bond acceptors (Lipinski definition) is 3. The summed E-state index contributed by atoms with van der Waals surface area (Å²) in [6.45, 7) is 1.35. The molecule has 0 aliphatic rings. The third-order valence-electron chi connectivity index (χ3n) is 2.67. The van der Waals surface area contributed by atoms with Crippen LogP contribution >= 0.6 is 0 Å². The number of phenolic OH excluding ortho intramolecular Hbond substituents is 1. The van der Waals surface area contributed by atoms with Crippen LogP contribution in [-0.2, 0) is 20.0 Å². The van der Waals surface area contributed by atoms with Crippen molar-refractivity contribution in [3.63, 3.8) is 0 Å². The highest BCUT2D eigenvalue weighted by molar-refractivity contribution is 5.27. The van der Waals surface area contributed by atoms with Crippen molar-refractivity contribution in [3.05, 3.63) is 47.5 Å². The third kappa shape index (κ3) is 3.30. The number of aromatic hydroxyl groups is 1. The number of aryl methyl sites for hydroxylation is 1. The second kappa shape index (κ2) is 5.64. The zero-order valence-corrected chi connectivity index (χ0v) is 10.2. The predicted octanol–water partition coefficient (Wildman–Crippen LogP) is 1.60. The molecule has 2 N–H and O–H groups in total. The molecule has 0 bridgehead atoms. The van der Waals surface area contributed by atoms with E-state index in [1.54, 1.807) is 10.7 Å². The Morgan fingerprint density at radius 3 is 2.89 bits per heavy atom. The van der Waals surface area contributed by atoms with Gasteiger partial charge in [-0.2, -0.15) is 5.10 Å². The van der Waals surface area contributed by atoms with Crippen molar-refractivity contribution in [2.75, 3.05) is 6.54 Å². The summed E-state index contributed by atoms with van der Waals surface area (Å²) in [6, 6.07) is 6.38. The number of halogens is 1. The van der Waals surface area contributed by atoms with Crippen LogP contribution in [-0.4, -0.2) is 21.4 Å². The first-order chi connectivity index (χ1) is 8.65. The molecule has 1 aromatic carbocycles. The molecular weight excluding hydrogens is 233 g/mol. The minimum absolute atomic E-state index is 0.313. The number of nitrogens with one attached hydrogen (secondary N) is 1. The molecule has 0 aliphatic heterocycles. The molecule has 1 heterocycles. The molecule has 96 valence electrons. The summed E-state index contributed by atoms with van der Waals surface area (Å²) in [7, 11) is 1.89. The second-order valence-electron chi connectivity index (χ2n) is 4.19. The maximum atomic E-state index is 13.1. The van der Waals surface area contributed by atoms with Gasteiger partial charge >= 0.3 is 0 Å². The van der Waals surface area contributed by atoms with Gasteiger partial charge in [-0.05, 0) is 23.8 Å². The Kier molecular flexibility index (Phi) is 3.94. The topological polar surface area (TPSA) is 50.1 Å². The van der Waals surface area contributed by atoms with E-state index in [1.165, 1.54) is 12.1 Å². The van der Waals surface area contributed by atoms with Crippen molar-refractivity contribution >= 4 is 0 Å². The van der Waals surface area contributed by atoms with Crippen molar-refractivity contribution in [2.24, 2.45) is 7.05 Å². The first kappa shape index (κ1) is 12.6. The van der Waals surface area contributed by atoms with Gasteiger partial charge in [0.15, 0.2) is 11.6 Å². The number of aromatic nitrogens is 2. The molecule has 0 amide bonds. The molecule has 0 atom stereocenters. The highest BCUT2D eigenvalue weighted by atomic mass is 19.1. The SMILES string of the molecule is Cn1ccc(CCNCc2ccc(O)c(F)c2)n1. The molecular formula is C13H16FN3O. The lowest BCUT2D eigenvalue weighted by molar-refractivity contribution is 0.431. The molecule has 2 aromatic rings. The summed E-state index contributed by atoms with van der Waals surface area (Å²) < 4.78 is 14.8. The first-order valence-corrected chi connectivity index (χ1v) is 5.82. The van der Waals surface area contributed by atoms with E-state index in [-0.39, 0.29) is 5.75 Å². The zero-order chi connectivity index (χ0) is 13.0. The molecule has 0 aliphatic carbocycles. The van der Waals surface area contributed by atoms with Crippen LogP contribution in [0.15, 0.2) is 30.5 Å². The second-order valence-corrected chi connectivity index (χ2v) is 4.19.